The number of nitrogens with zero attached hydrogens (tertiary/aromatic N) is 3. The van der Waals surface area contributed by atoms with E-state index >= 15 is 0 Å². The number of urea groups is 1. The van der Waals surface area contributed by atoms with Gasteiger partial charge in [0.2, 0.25) is 0 Å². The summed E-state index contributed by atoms with van der Waals surface area (Å²) in [5, 5.41) is 11.3. The van der Waals surface area contributed by atoms with Gasteiger partial charge in [0.05, 0.1) is 6.54 Å². The number of carboxylic acids is 1. The van der Waals surface area contributed by atoms with Crippen LogP contribution in [0.3, 0.4) is 0 Å². The minimum absolute atomic E-state index is 0.0382. The van der Waals surface area contributed by atoms with Crippen LogP contribution in [0.4, 0.5) is 4.79 Å². The number of carbonyl (C=O) groups excluding carboxylic acids is 1. The number of rotatable bonds is 3. The molecule has 2 heterocycles. The Morgan fingerprint density at radius 2 is 2.37 bits per heavy atom. The van der Waals surface area contributed by atoms with Crippen LogP contribution >= 0.6 is 0 Å². The van der Waals surface area contributed by atoms with Crippen LogP contribution in [0.25, 0.3) is 0 Å². The van der Waals surface area contributed by atoms with E-state index in [1.807, 2.05) is 10.8 Å². The zero-order valence-corrected chi connectivity index (χ0v) is 10.2. The Bertz CT molecular complexity index is 531. The first kappa shape index (κ1) is 13.0. The molecule has 0 saturated carbocycles. The highest BCUT2D eigenvalue weighted by atomic mass is 16.4. The highest BCUT2D eigenvalue weighted by Crippen LogP contribution is 2.10. The van der Waals surface area contributed by atoms with E-state index in [0.29, 0.717) is 19.6 Å². The molecule has 0 saturated heterocycles. The second-order valence-electron chi connectivity index (χ2n) is 4.21. The van der Waals surface area contributed by atoms with E-state index in [-0.39, 0.29) is 6.42 Å². The highest BCUT2D eigenvalue weighted by Gasteiger charge is 2.25. The molecule has 0 bridgehead atoms. The van der Waals surface area contributed by atoms with Crippen LogP contribution in [0.15, 0.2) is 12.4 Å². The van der Waals surface area contributed by atoms with Crippen molar-refractivity contribution in [1.82, 2.24) is 19.8 Å². The number of carbonyl (C=O) groups is 2. The third-order valence-corrected chi connectivity index (χ3v) is 2.95. The van der Waals surface area contributed by atoms with Crippen molar-refractivity contribution in [3.05, 3.63) is 18.2 Å². The molecule has 0 aromatic carbocycles. The van der Waals surface area contributed by atoms with Crippen molar-refractivity contribution in [2.75, 3.05) is 6.54 Å². The van der Waals surface area contributed by atoms with E-state index in [0.717, 1.165) is 5.82 Å². The summed E-state index contributed by atoms with van der Waals surface area (Å²) < 4.78 is 1.96. The fourth-order valence-electron chi connectivity index (χ4n) is 1.91. The molecule has 1 unspecified atom stereocenters. The van der Waals surface area contributed by atoms with Crippen LogP contribution < -0.4 is 5.32 Å². The molecule has 2 N–H and O–H groups in total. The Morgan fingerprint density at radius 1 is 1.58 bits per heavy atom. The van der Waals surface area contributed by atoms with E-state index in [1.165, 1.54) is 4.90 Å². The Morgan fingerprint density at radius 3 is 3.05 bits per heavy atom. The normalized spacial score (nSPS) is 15.2. The van der Waals surface area contributed by atoms with E-state index in [1.54, 1.807) is 6.20 Å². The lowest BCUT2D eigenvalue weighted by Crippen LogP contribution is -2.49. The molecule has 0 spiro atoms. The molecule has 1 aliphatic rings. The Balaban J connectivity index is 1.98. The molecule has 1 aliphatic heterocycles. The first-order valence-corrected chi connectivity index (χ1v) is 5.83. The molecule has 0 fully saturated rings. The summed E-state index contributed by atoms with van der Waals surface area (Å²) in [5.41, 5.74) is 0. The van der Waals surface area contributed by atoms with Crippen LogP contribution in [-0.4, -0.2) is 44.1 Å². The SMILES string of the molecule is C#CCC(NC(=O)N1CCn2ccnc2C1)C(=O)O. The van der Waals surface area contributed by atoms with Crippen molar-refractivity contribution in [1.29, 1.82) is 0 Å². The summed E-state index contributed by atoms with van der Waals surface area (Å²) in [4.78, 5) is 28.5. The number of amides is 2. The maximum Gasteiger partial charge on any atom is 0.327 e. The van der Waals surface area contributed by atoms with Gasteiger partial charge < -0.3 is 19.9 Å². The van der Waals surface area contributed by atoms with Gasteiger partial charge in [0.1, 0.15) is 11.9 Å². The first-order valence-electron chi connectivity index (χ1n) is 5.83. The van der Waals surface area contributed by atoms with Crippen molar-refractivity contribution < 1.29 is 14.7 Å². The standard InChI is InChI=1S/C12H14N4O3/c1-2-3-9(11(17)18)14-12(19)16-7-6-15-5-4-13-10(15)8-16/h1,4-5,9H,3,6-8H2,(H,14,19)(H,17,18). The van der Waals surface area contributed by atoms with Gasteiger partial charge in [-0.1, -0.05) is 0 Å². The molecule has 2 amide bonds. The summed E-state index contributed by atoms with van der Waals surface area (Å²) in [7, 11) is 0. The van der Waals surface area contributed by atoms with Crippen molar-refractivity contribution >= 4 is 12.0 Å². The molecule has 0 aliphatic carbocycles. The Hall–Kier alpha value is -2.49. The third kappa shape index (κ3) is 2.85. The number of imidazole rings is 1. The monoisotopic (exact) mass is 262 g/mol. The van der Waals surface area contributed by atoms with Crippen molar-refractivity contribution in [3.63, 3.8) is 0 Å². The summed E-state index contributed by atoms with van der Waals surface area (Å²) in [5.74, 6) is 1.89. The van der Waals surface area contributed by atoms with E-state index in [4.69, 9.17) is 11.5 Å². The number of hydrogen-bond donors (Lipinski definition) is 2. The average Bonchev–Trinajstić information content (AvgIpc) is 2.85. The molecule has 0 radical (unpaired) electrons. The van der Waals surface area contributed by atoms with Gasteiger partial charge in [-0.15, -0.1) is 12.3 Å². The van der Waals surface area contributed by atoms with E-state index in [2.05, 4.69) is 16.2 Å². The molecular weight excluding hydrogens is 248 g/mol. The third-order valence-electron chi connectivity index (χ3n) is 2.95. The number of aliphatic carboxylic acids is 1. The van der Waals surface area contributed by atoms with Gasteiger partial charge in [0, 0.05) is 31.9 Å². The van der Waals surface area contributed by atoms with Crippen LogP contribution in [0.5, 0.6) is 0 Å². The average molecular weight is 262 g/mol. The molecule has 100 valence electrons. The van der Waals surface area contributed by atoms with Crippen LogP contribution in [0.1, 0.15) is 12.2 Å². The lowest BCUT2D eigenvalue weighted by atomic mass is 10.2. The fourth-order valence-corrected chi connectivity index (χ4v) is 1.91. The maximum atomic E-state index is 12.0. The van der Waals surface area contributed by atoms with E-state index in [9.17, 15) is 9.59 Å². The van der Waals surface area contributed by atoms with E-state index < -0.39 is 18.0 Å². The van der Waals surface area contributed by atoms with Crippen molar-refractivity contribution in [2.45, 2.75) is 25.6 Å². The molecular formula is C12H14N4O3. The molecule has 1 atom stereocenters. The van der Waals surface area contributed by atoms with Crippen LogP contribution in [0.2, 0.25) is 0 Å². The predicted octanol–water partition coefficient (Wildman–Crippen LogP) is -0.115. The lowest BCUT2D eigenvalue weighted by molar-refractivity contribution is -0.139. The largest absolute Gasteiger partial charge is 0.480 e. The van der Waals surface area contributed by atoms with Gasteiger partial charge in [-0.25, -0.2) is 14.6 Å². The topological polar surface area (TPSA) is 87.5 Å². The number of nitrogens with one attached hydrogen (secondary N) is 1. The van der Waals surface area contributed by atoms with Gasteiger partial charge in [0.25, 0.3) is 0 Å². The number of terminal acetylenes is 1. The fraction of sp³-hybridized carbons (Fsp3) is 0.417. The Kier molecular flexibility index (Phi) is 3.71. The lowest BCUT2D eigenvalue weighted by Gasteiger charge is -2.28. The number of hydrogen-bond acceptors (Lipinski definition) is 3. The molecule has 1 aromatic rings. The van der Waals surface area contributed by atoms with Gasteiger partial charge in [-0.3, -0.25) is 0 Å². The second kappa shape index (κ2) is 5.44. The predicted molar refractivity (Wildman–Crippen MR) is 66.0 cm³/mol. The molecule has 7 nitrogen and oxygen atoms in total. The molecule has 1 aromatic heterocycles. The van der Waals surface area contributed by atoms with Crippen LogP contribution in [-0.2, 0) is 17.9 Å². The van der Waals surface area contributed by atoms with Crippen molar-refractivity contribution in [2.24, 2.45) is 0 Å². The minimum Gasteiger partial charge on any atom is -0.480 e. The minimum atomic E-state index is -1.13. The smallest absolute Gasteiger partial charge is 0.327 e. The van der Waals surface area contributed by atoms with Crippen molar-refractivity contribution in [3.8, 4) is 12.3 Å². The number of fused-ring (bicyclic) bond motifs is 1. The zero-order valence-electron chi connectivity index (χ0n) is 10.2. The van der Waals surface area contributed by atoms with Gasteiger partial charge in [0.15, 0.2) is 0 Å². The molecule has 2 rings (SSSR count). The molecule has 19 heavy (non-hydrogen) atoms. The van der Waals surface area contributed by atoms with Gasteiger partial charge >= 0.3 is 12.0 Å². The van der Waals surface area contributed by atoms with Crippen LogP contribution in [0, 0.1) is 12.3 Å². The van der Waals surface area contributed by atoms with Gasteiger partial charge in [-0.05, 0) is 0 Å². The van der Waals surface area contributed by atoms with Gasteiger partial charge in [-0.2, -0.15) is 0 Å². The maximum absolute atomic E-state index is 12.0. The summed E-state index contributed by atoms with van der Waals surface area (Å²) in [6, 6.07) is -1.49. The quantitative estimate of drug-likeness (QED) is 0.744. The highest BCUT2D eigenvalue weighted by molar-refractivity contribution is 5.82. The summed E-state index contributed by atoms with van der Waals surface area (Å²) in [6.07, 6.45) is 8.57. The first-order chi connectivity index (χ1) is 9.11. The summed E-state index contributed by atoms with van der Waals surface area (Å²) in [6.45, 7) is 1.52. The number of aromatic nitrogens is 2. The number of carboxylic acid groups (broad SMARTS) is 1. The zero-order chi connectivity index (χ0) is 13.8. The molecule has 7 heteroatoms. The summed E-state index contributed by atoms with van der Waals surface area (Å²) >= 11 is 0. The second-order valence-corrected chi connectivity index (χ2v) is 4.21. The Labute approximate surface area is 110 Å².